The molecule has 1 amide bonds. The van der Waals surface area contributed by atoms with Crippen LogP contribution in [0.5, 0.6) is 0 Å². The van der Waals surface area contributed by atoms with Gasteiger partial charge in [-0.05, 0) is 36.8 Å². The fourth-order valence-corrected chi connectivity index (χ4v) is 3.24. The lowest BCUT2D eigenvalue weighted by atomic mass is 10.1. The van der Waals surface area contributed by atoms with E-state index in [2.05, 4.69) is 34.2 Å². The molecule has 0 aliphatic carbocycles. The highest BCUT2D eigenvalue weighted by atomic mass is 127. The van der Waals surface area contributed by atoms with Crippen molar-refractivity contribution in [1.82, 2.24) is 9.80 Å². The minimum absolute atomic E-state index is 0. The summed E-state index contributed by atoms with van der Waals surface area (Å²) in [6.45, 7) is 4.27. The van der Waals surface area contributed by atoms with Crippen molar-refractivity contribution >= 4 is 35.8 Å². The lowest BCUT2D eigenvalue weighted by Crippen LogP contribution is -2.40. The lowest BCUT2D eigenvalue weighted by molar-refractivity contribution is -0.128. The quantitative estimate of drug-likeness (QED) is 0.443. The Morgan fingerprint density at radius 3 is 2.29 bits per heavy atom. The number of aliphatic imine (C=N–C) groups is 1. The van der Waals surface area contributed by atoms with Crippen molar-refractivity contribution in [3.05, 3.63) is 35.4 Å². The number of piperidine rings is 1. The normalized spacial score (nSPS) is 18.7. The van der Waals surface area contributed by atoms with Crippen LogP contribution in [-0.4, -0.2) is 41.3 Å². The van der Waals surface area contributed by atoms with Gasteiger partial charge in [-0.25, -0.2) is 4.99 Å². The Balaban J connectivity index is 0.00000208. The molecule has 2 aliphatic heterocycles. The molecule has 2 fully saturated rings. The average Bonchev–Trinajstić information content (AvgIpc) is 2.99. The number of guanidine groups is 1. The van der Waals surface area contributed by atoms with Crippen molar-refractivity contribution in [2.24, 2.45) is 10.7 Å². The summed E-state index contributed by atoms with van der Waals surface area (Å²) in [7, 11) is 0. The molecule has 6 heteroatoms. The summed E-state index contributed by atoms with van der Waals surface area (Å²) in [5.74, 6) is 0.935. The predicted molar refractivity (Wildman–Crippen MR) is 107 cm³/mol. The number of amides is 1. The Kier molecular flexibility index (Phi) is 7.33. The van der Waals surface area contributed by atoms with Gasteiger partial charge in [-0.2, -0.15) is 0 Å². The zero-order valence-corrected chi connectivity index (χ0v) is 16.4. The third-order valence-corrected chi connectivity index (χ3v) is 4.67. The largest absolute Gasteiger partial charge is 0.370 e. The van der Waals surface area contributed by atoms with Crippen LogP contribution >= 0.6 is 24.0 Å². The molecular weight excluding hydrogens is 415 g/mol. The molecule has 2 saturated heterocycles. The van der Waals surface area contributed by atoms with Gasteiger partial charge in [0, 0.05) is 32.6 Å². The molecule has 0 atom stereocenters. The van der Waals surface area contributed by atoms with E-state index in [0.29, 0.717) is 18.9 Å². The topological polar surface area (TPSA) is 61.9 Å². The van der Waals surface area contributed by atoms with Gasteiger partial charge in [-0.3, -0.25) is 4.79 Å². The van der Waals surface area contributed by atoms with Gasteiger partial charge in [0.25, 0.3) is 0 Å². The molecule has 1 aromatic carbocycles. The van der Waals surface area contributed by atoms with Crippen molar-refractivity contribution in [3.63, 3.8) is 0 Å². The molecule has 0 unspecified atom stereocenters. The molecule has 2 aliphatic rings. The van der Waals surface area contributed by atoms with Crippen LogP contribution in [0.1, 0.15) is 43.2 Å². The van der Waals surface area contributed by atoms with Gasteiger partial charge in [0.05, 0.1) is 6.54 Å². The van der Waals surface area contributed by atoms with Gasteiger partial charge in [0.1, 0.15) is 0 Å². The molecule has 0 bridgehead atoms. The second-order valence-corrected chi connectivity index (χ2v) is 6.46. The summed E-state index contributed by atoms with van der Waals surface area (Å²) >= 11 is 0. The van der Waals surface area contributed by atoms with Crippen LogP contribution in [0.3, 0.4) is 0 Å². The van der Waals surface area contributed by atoms with Crippen LogP contribution in [-0.2, 0) is 17.9 Å². The Morgan fingerprint density at radius 2 is 1.67 bits per heavy atom. The van der Waals surface area contributed by atoms with Crippen molar-refractivity contribution in [1.29, 1.82) is 0 Å². The number of benzene rings is 1. The maximum atomic E-state index is 11.7. The summed E-state index contributed by atoms with van der Waals surface area (Å²) in [6.07, 6.45) is 5.40. The van der Waals surface area contributed by atoms with Gasteiger partial charge < -0.3 is 15.5 Å². The highest BCUT2D eigenvalue weighted by Crippen LogP contribution is 2.15. The van der Waals surface area contributed by atoms with Gasteiger partial charge >= 0.3 is 0 Å². The van der Waals surface area contributed by atoms with Crippen LogP contribution in [0, 0.1) is 0 Å². The summed E-state index contributed by atoms with van der Waals surface area (Å²) in [4.78, 5) is 20.3. The predicted octanol–water partition coefficient (Wildman–Crippen LogP) is 2.73. The second kappa shape index (κ2) is 9.25. The fourth-order valence-electron chi connectivity index (χ4n) is 3.24. The Labute approximate surface area is 161 Å². The number of rotatable bonds is 4. The van der Waals surface area contributed by atoms with E-state index in [1.54, 1.807) is 0 Å². The number of hydrogen-bond donors (Lipinski definition) is 1. The summed E-state index contributed by atoms with van der Waals surface area (Å²) < 4.78 is 0. The smallest absolute Gasteiger partial charge is 0.222 e. The highest BCUT2D eigenvalue weighted by Gasteiger charge is 2.19. The zero-order chi connectivity index (χ0) is 16.1. The lowest BCUT2D eigenvalue weighted by Gasteiger charge is -2.27. The number of hydrogen-bond acceptors (Lipinski definition) is 2. The monoisotopic (exact) mass is 442 g/mol. The first-order chi connectivity index (χ1) is 11.2. The molecule has 1 aromatic rings. The van der Waals surface area contributed by atoms with Crippen molar-refractivity contribution in [3.8, 4) is 0 Å². The molecule has 2 heterocycles. The summed E-state index contributed by atoms with van der Waals surface area (Å²) in [5, 5.41) is 0. The number of carbonyl (C=O) groups excluding carboxylic acids is 1. The number of carbonyl (C=O) groups is 1. The second-order valence-electron chi connectivity index (χ2n) is 6.46. The Morgan fingerprint density at radius 1 is 1.00 bits per heavy atom. The van der Waals surface area contributed by atoms with Gasteiger partial charge in [0.15, 0.2) is 5.96 Å². The van der Waals surface area contributed by atoms with E-state index in [-0.39, 0.29) is 29.9 Å². The Hall–Kier alpha value is -1.31. The number of nitrogens with two attached hydrogens (primary N) is 1. The third-order valence-electron chi connectivity index (χ3n) is 4.67. The van der Waals surface area contributed by atoms with E-state index in [4.69, 9.17) is 5.73 Å². The molecule has 2 N–H and O–H groups in total. The molecule has 132 valence electrons. The molecule has 3 rings (SSSR count). The fraction of sp³-hybridized carbons (Fsp3) is 0.556. The van der Waals surface area contributed by atoms with Crippen LogP contribution in [0.15, 0.2) is 29.3 Å². The van der Waals surface area contributed by atoms with E-state index in [0.717, 1.165) is 38.2 Å². The summed E-state index contributed by atoms with van der Waals surface area (Å²) in [5.41, 5.74) is 8.41. The minimum atomic E-state index is 0. The van der Waals surface area contributed by atoms with Gasteiger partial charge in [0.2, 0.25) is 5.91 Å². The zero-order valence-electron chi connectivity index (χ0n) is 14.1. The molecule has 5 nitrogen and oxygen atoms in total. The molecule has 0 radical (unpaired) electrons. The third kappa shape index (κ3) is 5.09. The number of likely N-dealkylation sites (tertiary alicyclic amines) is 2. The maximum absolute atomic E-state index is 11.7. The molecule has 24 heavy (non-hydrogen) atoms. The molecular formula is C18H27IN4O. The first-order valence-corrected chi connectivity index (χ1v) is 8.63. The van der Waals surface area contributed by atoms with E-state index in [9.17, 15) is 4.79 Å². The van der Waals surface area contributed by atoms with Crippen LogP contribution in [0.2, 0.25) is 0 Å². The summed E-state index contributed by atoms with van der Waals surface area (Å²) in [6, 6.07) is 8.35. The van der Waals surface area contributed by atoms with Gasteiger partial charge in [-0.1, -0.05) is 24.3 Å². The Bertz CT molecular complexity index is 567. The maximum Gasteiger partial charge on any atom is 0.222 e. The SMILES string of the molecule is I.NC(=NCc1ccc(CN2CCCC2=O)cc1)N1CCCCC1. The first-order valence-electron chi connectivity index (χ1n) is 8.63. The van der Waals surface area contributed by atoms with Gasteiger partial charge in [-0.15, -0.1) is 24.0 Å². The van der Waals surface area contributed by atoms with Crippen molar-refractivity contribution in [2.45, 2.75) is 45.2 Å². The number of halogens is 1. The van der Waals surface area contributed by atoms with Crippen molar-refractivity contribution < 1.29 is 4.79 Å². The van der Waals surface area contributed by atoms with Crippen LogP contribution in [0.25, 0.3) is 0 Å². The highest BCUT2D eigenvalue weighted by molar-refractivity contribution is 14.0. The molecule has 0 spiro atoms. The molecule has 0 aromatic heterocycles. The minimum Gasteiger partial charge on any atom is -0.370 e. The molecule has 0 saturated carbocycles. The average molecular weight is 442 g/mol. The van der Waals surface area contributed by atoms with E-state index in [1.807, 2.05) is 4.90 Å². The number of nitrogens with zero attached hydrogens (tertiary/aromatic N) is 3. The first kappa shape index (κ1) is 19.0. The van der Waals surface area contributed by atoms with Crippen molar-refractivity contribution in [2.75, 3.05) is 19.6 Å². The van der Waals surface area contributed by atoms with Crippen LogP contribution in [0.4, 0.5) is 0 Å². The van der Waals surface area contributed by atoms with E-state index in [1.165, 1.54) is 24.8 Å². The standard InChI is InChI=1S/C18H26N4O.HI/c19-18(21-10-2-1-3-11-21)20-13-15-6-8-16(9-7-15)14-22-12-4-5-17(22)23;/h6-9H,1-5,10-14H2,(H2,19,20);1H. The van der Waals surface area contributed by atoms with E-state index < -0.39 is 0 Å². The van der Waals surface area contributed by atoms with Crippen LogP contribution < -0.4 is 5.73 Å². The van der Waals surface area contributed by atoms with E-state index >= 15 is 0 Å².